The fourth-order valence-corrected chi connectivity index (χ4v) is 4.30. The molecule has 1 saturated heterocycles. The van der Waals surface area contributed by atoms with E-state index in [4.69, 9.17) is 0 Å². The third kappa shape index (κ3) is 2.71. The van der Waals surface area contributed by atoms with Crippen LogP contribution in [-0.2, 0) is 0 Å². The van der Waals surface area contributed by atoms with Crippen LogP contribution < -0.4 is 5.32 Å². The summed E-state index contributed by atoms with van der Waals surface area (Å²) in [5.41, 5.74) is 0. The van der Waals surface area contributed by atoms with Gasteiger partial charge in [-0.15, -0.1) is 11.8 Å². The van der Waals surface area contributed by atoms with Crippen molar-refractivity contribution in [3.05, 3.63) is 0 Å². The topological polar surface area (TPSA) is 12.0 Å². The summed E-state index contributed by atoms with van der Waals surface area (Å²) in [7, 11) is 0. The summed E-state index contributed by atoms with van der Waals surface area (Å²) in [6.45, 7) is 8.35. The van der Waals surface area contributed by atoms with E-state index in [2.05, 4.69) is 37.8 Å². The van der Waals surface area contributed by atoms with Crippen LogP contribution >= 0.6 is 11.8 Å². The Labute approximate surface area is 98.8 Å². The molecule has 1 saturated carbocycles. The fourth-order valence-electron chi connectivity index (χ4n) is 2.87. The zero-order chi connectivity index (χ0) is 10.9. The smallest absolute Gasteiger partial charge is 0.0645 e. The Morgan fingerprint density at radius 3 is 2.40 bits per heavy atom. The summed E-state index contributed by atoms with van der Waals surface area (Å²) < 4.78 is 0. The highest BCUT2D eigenvalue weighted by Gasteiger charge is 2.38. The van der Waals surface area contributed by atoms with E-state index in [0.717, 1.165) is 17.8 Å². The van der Waals surface area contributed by atoms with Crippen molar-refractivity contribution in [2.45, 2.75) is 51.3 Å². The SMILES string of the molecule is CC1CNC2(CCC(C(C)C)CC2)SC1. The lowest BCUT2D eigenvalue weighted by molar-refractivity contribution is 0.213. The normalized spacial score (nSPS) is 42.4. The molecule has 15 heavy (non-hydrogen) atoms. The van der Waals surface area contributed by atoms with Gasteiger partial charge in [-0.05, 0) is 55.7 Å². The summed E-state index contributed by atoms with van der Waals surface area (Å²) in [6, 6.07) is 0. The summed E-state index contributed by atoms with van der Waals surface area (Å²) in [6.07, 6.45) is 5.67. The lowest BCUT2D eigenvalue weighted by atomic mass is 9.79. The molecule has 0 amide bonds. The quantitative estimate of drug-likeness (QED) is 0.736. The van der Waals surface area contributed by atoms with E-state index < -0.39 is 0 Å². The maximum absolute atomic E-state index is 3.81. The minimum Gasteiger partial charge on any atom is -0.303 e. The maximum Gasteiger partial charge on any atom is 0.0645 e. The number of hydrogen-bond acceptors (Lipinski definition) is 2. The molecule has 0 bridgehead atoms. The first kappa shape index (κ1) is 11.8. The molecule has 2 fully saturated rings. The monoisotopic (exact) mass is 227 g/mol. The highest BCUT2D eigenvalue weighted by atomic mass is 32.2. The summed E-state index contributed by atoms with van der Waals surface area (Å²) in [5.74, 6) is 4.09. The number of thioether (sulfide) groups is 1. The summed E-state index contributed by atoms with van der Waals surface area (Å²) >= 11 is 2.20. The lowest BCUT2D eigenvalue weighted by Crippen LogP contribution is -2.51. The van der Waals surface area contributed by atoms with Gasteiger partial charge in [0.1, 0.15) is 0 Å². The molecule has 1 heterocycles. The first-order valence-electron chi connectivity index (χ1n) is 6.50. The van der Waals surface area contributed by atoms with Crippen molar-refractivity contribution >= 4 is 11.8 Å². The minimum atomic E-state index is 0.470. The van der Waals surface area contributed by atoms with Crippen LogP contribution in [0, 0.1) is 17.8 Å². The van der Waals surface area contributed by atoms with Crippen molar-refractivity contribution < 1.29 is 0 Å². The Balaban J connectivity index is 1.86. The molecule has 2 heteroatoms. The molecule has 1 nitrogen and oxygen atoms in total. The van der Waals surface area contributed by atoms with Gasteiger partial charge in [0.15, 0.2) is 0 Å². The van der Waals surface area contributed by atoms with E-state index in [9.17, 15) is 0 Å². The first-order valence-corrected chi connectivity index (χ1v) is 7.49. The van der Waals surface area contributed by atoms with Gasteiger partial charge >= 0.3 is 0 Å². The molecule has 2 aliphatic rings. The maximum atomic E-state index is 3.81. The predicted octanol–water partition coefficient (Wildman–Crippen LogP) is 3.50. The second kappa shape index (κ2) is 4.67. The highest BCUT2D eigenvalue weighted by Crippen LogP contribution is 2.44. The van der Waals surface area contributed by atoms with Crippen LogP contribution in [0.4, 0.5) is 0 Å². The lowest BCUT2D eigenvalue weighted by Gasteiger charge is -2.45. The third-order valence-electron chi connectivity index (χ3n) is 4.20. The van der Waals surface area contributed by atoms with Gasteiger partial charge in [-0.25, -0.2) is 0 Å². The van der Waals surface area contributed by atoms with Gasteiger partial charge in [-0.3, -0.25) is 0 Å². The van der Waals surface area contributed by atoms with Crippen molar-refractivity contribution in [2.24, 2.45) is 17.8 Å². The van der Waals surface area contributed by atoms with Gasteiger partial charge < -0.3 is 5.32 Å². The second-order valence-electron chi connectivity index (χ2n) is 5.87. The number of rotatable bonds is 1. The van der Waals surface area contributed by atoms with Crippen molar-refractivity contribution in [3.8, 4) is 0 Å². The standard InChI is InChI=1S/C13H25NS/c1-10(2)12-4-6-13(7-5-12)14-8-11(3)9-15-13/h10-12,14H,4-9H2,1-3H3. The molecule has 1 atom stereocenters. The molecule has 1 spiro atoms. The zero-order valence-electron chi connectivity index (χ0n) is 10.4. The number of nitrogens with one attached hydrogen (secondary N) is 1. The van der Waals surface area contributed by atoms with E-state index >= 15 is 0 Å². The van der Waals surface area contributed by atoms with Crippen LogP contribution in [0.15, 0.2) is 0 Å². The van der Waals surface area contributed by atoms with Crippen molar-refractivity contribution in [2.75, 3.05) is 12.3 Å². The van der Waals surface area contributed by atoms with Crippen LogP contribution in [0.3, 0.4) is 0 Å². The van der Waals surface area contributed by atoms with Crippen molar-refractivity contribution in [1.82, 2.24) is 5.32 Å². The van der Waals surface area contributed by atoms with Gasteiger partial charge in [-0.2, -0.15) is 0 Å². The Hall–Kier alpha value is 0.310. The molecule has 1 unspecified atom stereocenters. The average molecular weight is 227 g/mol. The Bertz CT molecular complexity index is 197. The molecule has 88 valence electrons. The highest BCUT2D eigenvalue weighted by molar-refractivity contribution is 8.00. The van der Waals surface area contributed by atoms with E-state index in [-0.39, 0.29) is 0 Å². The molecular weight excluding hydrogens is 202 g/mol. The van der Waals surface area contributed by atoms with Crippen LogP contribution in [0.5, 0.6) is 0 Å². The summed E-state index contributed by atoms with van der Waals surface area (Å²) in [5, 5.41) is 3.81. The average Bonchev–Trinajstić information content (AvgIpc) is 2.24. The summed E-state index contributed by atoms with van der Waals surface area (Å²) in [4.78, 5) is 0.470. The van der Waals surface area contributed by atoms with E-state index in [1.807, 2.05) is 0 Å². The zero-order valence-corrected chi connectivity index (χ0v) is 11.2. The largest absolute Gasteiger partial charge is 0.303 e. The van der Waals surface area contributed by atoms with Crippen LogP contribution in [-0.4, -0.2) is 17.2 Å². The second-order valence-corrected chi connectivity index (χ2v) is 7.28. The molecule has 2 rings (SSSR count). The van der Waals surface area contributed by atoms with E-state index in [1.165, 1.54) is 38.0 Å². The Morgan fingerprint density at radius 2 is 1.93 bits per heavy atom. The van der Waals surface area contributed by atoms with E-state index in [0.29, 0.717) is 4.87 Å². The van der Waals surface area contributed by atoms with E-state index in [1.54, 1.807) is 0 Å². The van der Waals surface area contributed by atoms with Crippen LogP contribution in [0.1, 0.15) is 46.5 Å². The van der Waals surface area contributed by atoms with Crippen LogP contribution in [0.2, 0.25) is 0 Å². The molecule has 1 aliphatic carbocycles. The Kier molecular flexibility index (Phi) is 3.67. The molecule has 0 radical (unpaired) electrons. The van der Waals surface area contributed by atoms with Gasteiger partial charge in [-0.1, -0.05) is 20.8 Å². The van der Waals surface area contributed by atoms with Crippen molar-refractivity contribution in [1.29, 1.82) is 0 Å². The molecule has 0 aromatic carbocycles. The Morgan fingerprint density at radius 1 is 1.27 bits per heavy atom. The fraction of sp³-hybridized carbons (Fsp3) is 1.00. The number of hydrogen-bond donors (Lipinski definition) is 1. The van der Waals surface area contributed by atoms with Gasteiger partial charge in [0.05, 0.1) is 4.87 Å². The molecular formula is C13H25NS. The first-order chi connectivity index (χ1) is 7.11. The van der Waals surface area contributed by atoms with Gasteiger partial charge in [0.25, 0.3) is 0 Å². The predicted molar refractivity (Wildman–Crippen MR) is 69.2 cm³/mol. The van der Waals surface area contributed by atoms with Crippen molar-refractivity contribution in [3.63, 3.8) is 0 Å². The van der Waals surface area contributed by atoms with Crippen LogP contribution in [0.25, 0.3) is 0 Å². The molecule has 0 aromatic rings. The molecule has 1 N–H and O–H groups in total. The minimum absolute atomic E-state index is 0.470. The molecule has 0 aromatic heterocycles. The van der Waals surface area contributed by atoms with Gasteiger partial charge in [0.2, 0.25) is 0 Å². The molecule has 1 aliphatic heterocycles. The third-order valence-corrected chi connectivity index (χ3v) is 6.04. The van der Waals surface area contributed by atoms with Gasteiger partial charge in [0, 0.05) is 0 Å².